The lowest BCUT2D eigenvalue weighted by Gasteiger charge is -2.30. The maximum atomic E-state index is 13.5. The Balaban J connectivity index is 1.41. The lowest BCUT2D eigenvalue weighted by atomic mass is 10.1. The van der Waals surface area contributed by atoms with Gasteiger partial charge in [0, 0.05) is 26.6 Å². The largest absolute Gasteiger partial charge is 0.489 e. The van der Waals surface area contributed by atoms with Crippen LogP contribution < -0.4 is 15.0 Å². The quantitative estimate of drug-likeness (QED) is 0.138. The third-order valence-electron chi connectivity index (χ3n) is 6.77. The number of anilines is 1. The number of hydrogen-bond donors (Lipinski definition) is 1. The third kappa shape index (κ3) is 5.47. The van der Waals surface area contributed by atoms with Gasteiger partial charge in [-0.3, -0.25) is 19.8 Å². The molecular weight excluding hydrogens is 610 g/mol. The van der Waals surface area contributed by atoms with Gasteiger partial charge in [0.2, 0.25) is 0 Å². The number of carbonyl (C=O) groups is 2. The fourth-order valence-corrected chi connectivity index (χ4v) is 5.35. The molecule has 2 heterocycles. The summed E-state index contributed by atoms with van der Waals surface area (Å²) < 4.78 is 9.04. The first-order valence-corrected chi connectivity index (χ1v) is 14.0. The van der Waals surface area contributed by atoms with Gasteiger partial charge in [0.1, 0.15) is 17.9 Å². The van der Waals surface area contributed by atoms with Gasteiger partial charge in [0.15, 0.2) is 5.11 Å². The van der Waals surface area contributed by atoms with Crippen molar-refractivity contribution in [1.82, 2.24) is 9.88 Å². The average molecular weight is 635 g/mol. The molecular formula is C31H25BrClN3O3S. The van der Waals surface area contributed by atoms with E-state index in [1.807, 2.05) is 68.4 Å². The van der Waals surface area contributed by atoms with Gasteiger partial charge in [-0.2, -0.15) is 0 Å². The van der Waals surface area contributed by atoms with E-state index in [1.54, 1.807) is 31.2 Å². The zero-order valence-corrected chi connectivity index (χ0v) is 25.2. The van der Waals surface area contributed by atoms with Crippen LogP contribution >= 0.6 is 39.7 Å². The van der Waals surface area contributed by atoms with E-state index in [9.17, 15) is 9.59 Å². The van der Waals surface area contributed by atoms with Crippen molar-refractivity contribution in [3.8, 4) is 11.4 Å². The number of amides is 2. The first-order valence-electron chi connectivity index (χ1n) is 12.5. The highest BCUT2D eigenvalue weighted by Crippen LogP contribution is 2.31. The summed E-state index contributed by atoms with van der Waals surface area (Å²) in [6.45, 7) is 6.20. The monoisotopic (exact) mass is 633 g/mol. The van der Waals surface area contributed by atoms with Crippen LogP contribution in [-0.2, 0) is 16.2 Å². The van der Waals surface area contributed by atoms with Crippen LogP contribution in [0.5, 0.6) is 5.75 Å². The van der Waals surface area contributed by atoms with Crippen LogP contribution in [0.3, 0.4) is 0 Å². The molecule has 5 rings (SSSR count). The van der Waals surface area contributed by atoms with Crippen molar-refractivity contribution in [3.05, 3.63) is 116 Å². The number of nitrogens with one attached hydrogen (secondary N) is 1. The normalized spacial score (nSPS) is 14.6. The zero-order valence-electron chi connectivity index (χ0n) is 22.0. The number of benzene rings is 3. The number of ether oxygens (including phenoxy) is 1. The minimum absolute atomic E-state index is 0.00934. The second-order valence-electron chi connectivity index (χ2n) is 9.41. The smallest absolute Gasteiger partial charge is 0.270 e. The predicted octanol–water partition coefficient (Wildman–Crippen LogP) is 7.23. The van der Waals surface area contributed by atoms with Crippen molar-refractivity contribution < 1.29 is 14.3 Å². The maximum absolute atomic E-state index is 13.5. The standard InChI is InChI=1S/C31H25BrClN3O3S/c1-18-15-22(16-26-29(37)34-31(40)36(30(26)38)28-6-4-5-27(33)19(28)2)20(3)35(18)24-11-13-25(14-12-24)39-17-21-7-9-23(32)10-8-21/h4-16H,17H2,1-3H3,(H,34,37,40)/b26-16+. The summed E-state index contributed by atoms with van der Waals surface area (Å²) in [6, 6.07) is 23.0. The summed E-state index contributed by atoms with van der Waals surface area (Å²) in [7, 11) is 0. The molecule has 1 fully saturated rings. The molecule has 6 nitrogen and oxygen atoms in total. The van der Waals surface area contributed by atoms with Gasteiger partial charge >= 0.3 is 0 Å². The molecule has 202 valence electrons. The fraction of sp³-hybridized carbons (Fsp3) is 0.129. The first kappa shape index (κ1) is 27.8. The van der Waals surface area contributed by atoms with Crippen molar-refractivity contribution in [2.24, 2.45) is 0 Å². The van der Waals surface area contributed by atoms with Gasteiger partial charge in [0.05, 0.1) is 5.69 Å². The van der Waals surface area contributed by atoms with Gasteiger partial charge in [0.25, 0.3) is 11.8 Å². The van der Waals surface area contributed by atoms with Crippen LogP contribution in [-0.4, -0.2) is 21.5 Å². The maximum Gasteiger partial charge on any atom is 0.270 e. The number of aromatic nitrogens is 1. The highest BCUT2D eigenvalue weighted by atomic mass is 79.9. The minimum Gasteiger partial charge on any atom is -0.489 e. The Morgan fingerprint density at radius 2 is 1.70 bits per heavy atom. The van der Waals surface area contributed by atoms with E-state index in [0.717, 1.165) is 38.4 Å². The molecule has 0 spiro atoms. The van der Waals surface area contributed by atoms with Gasteiger partial charge in [-0.15, -0.1) is 0 Å². The number of hydrogen-bond acceptors (Lipinski definition) is 4. The molecule has 1 aromatic heterocycles. The topological polar surface area (TPSA) is 63.6 Å². The Bertz CT molecular complexity index is 1680. The number of aryl methyl sites for hydroxylation is 1. The van der Waals surface area contributed by atoms with Crippen molar-refractivity contribution in [3.63, 3.8) is 0 Å². The van der Waals surface area contributed by atoms with E-state index in [0.29, 0.717) is 22.9 Å². The van der Waals surface area contributed by atoms with Crippen LogP contribution in [0.2, 0.25) is 5.02 Å². The molecule has 0 bridgehead atoms. The molecule has 0 aliphatic carbocycles. The summed E-state index contributed by atoms with van der Waals surface area (Å²) in [6.07, 6.45) is 1.61. The lowest BCUT2D eigenvalue weighted by molar-refractivity contribution is -0.122. The number of nitrogens with zero attached hydrogens (tertiary/aromatic N) is 2. The number of thiocarbonyl (C=S) groups is 1. The summed E-state index contributed by atoms with van der Waals surface area (Å²) in [4.78, 5) is 27.7. The number of halogens is 2. The van der Waals surface area contributed by atoms with Crippen molar-refractivity contribution in [2.45, 2.75) is 27.4 Å². The molecule has 1 saturated heterocycles. The van der Waals surface area contributed by atoms with E-state index in [-0.39, 0.29) is 10.7 Å². The Labute approximate surface area is 251 Å². The fourth-order valence-electron chi connectivity index (χ4n) is 4.64. The summed E-state index contributed by atoms with van der Waals surface area (Å²) in [5, 5.41) is 3.17. The highest BCUT2D eigenvalue weighted by Gasteiger charge is 2.35. The molecule has 0 unspecified atom stereocenters. The molecule has 0 saturated carbocycles. The molecule has 0 radical (unpaired) electrons. The lowest BCUT2D eigenvalue weighted by Crippen LogP contribution is -2.54. The van der Waals surface area contributed by atoms with E-state index in [4.69, 9.17) is 28.6 Å². The van der Waals surface area contributed by atoms with Crippen LogP contribution in [0.1, 0.15) is 28.1 Å². The molecule has 9 heteroatoms. The summed E-state index contributed by atoms with van der Waals surface area (Å²) in [5.74, 6) is -0.285. The van der Waals surface area contributed by atoms with Crippen molar-refractivity contribution in [1.29, 1.82) is 0 Å². The SMILES string of the molecule is Cc1c(Cl)cccc1N1C(=O)/C(=C/c2cc(C)n(-c3ccc(OCc4ccc(Br)cc4)cc3)c2C)C(=O)NC1=S. The van der Waals surface area contributed by atoms with Crippen LogP contribution in [0.4, 0.5) is 5.69 Å². The molecule has 2 amide bonds. The van der Waals surface area contributed by atoms with Crippen LogP contribution in [0.15, 0.2) is 82.8 Å². The molecule has 40 heavy (non-hydrogen) atoms. The Kier molecular flexibility index (Phi) is 7.94. The highest BCUT2D eigenvalue weighted by molar-refractivity contribution is 9.10. The Hall–Kier alpha value is -3.72. The average Bonchev–Trinajstić information content (AvgIpc) is 3.21. The summed E-state index contributed by atoms with van der Waals surface area (Å²) >= 11 is 15.1. The molecule has 1 aliphatic rings. The molecule has 0 atom stereocenters. The first-order chi connectivity index (χ1) is 19.1. The van der Waals surface area contributed by atoms with E-state index in [2.05, 4.69) is 25.8 Å². The Morgan fingerprint density at radius 1 is 1.00 bits per heavy atom. The van der Waals surface area contributed by atoms with Gasteiger partial charge in [-0.1, -0.05) is 45.7 Å². The van der Waals surface area contributed by atoms with E-state index in [1.165, 1.54) is 4.90 Å². The van der Waals surface area contributed by atoms with Crippen molar-refractivity contribution >= 4 is 68.4 Å². The second-order valence-corrected chi connectivity index (χ2v) is 11.1. The van der Waals surface area contributed by atoms with E-state index >= 15 is 0 Å². The number of rotatable bonds is 6. The molecule has 3 aromatic carbocycles. The van der Waals surface area contributed by atoms with Gasteiger partial charge in [-0.05, 0) is 110 Å². The third-order valence-corrected chi connectivity index (χ3v) is 7.99. The zero-order chi connectivity index (χ0) is 28.6. The second kappa shape index (κ2) is 11.4. The summed E-state index contributed by atoms with van der Waals surface area (Å²) in [5.41, 5.74) is 5.81. The Morgan fingerprint density at radius 3 is 2.40 bits per heavy atom. The van der Waals surface area contributed by atoms with Crippen LogP contribution in [0.25, 0.3) is 11.8 Å². The van der Waals surface area contributed by atoms with Gasteiger partial charge < -0.3 is 9.30 Å². The number of carbonyl (C=O) groups excluding carboxylic acids is 2. The molecule has 1 aliphatic heterocycles. The predicted molar refractivity (Wildman–Crippen MR) is 166 cm³/mol. The molecule has 4 aromatic rings. The van der Waals surface area contributed by atoms with Crippen LogP contribution in [0, 0.1) is 20.8 Å². The minimum atomic E-state index is -0.539. The molecule has 1 N–H and O–H groups in total. The van der Waals surface area contributed by atoms with E-state index < -0.39 is 11.8 Å². The van der Waals surface area contributed by atoms with Crippen molar-refractivity contribution in [2.75, 3.05) is 4.90 Å². The van der Waals surface area contributed by atoms with Gasteiger partial charge in [-0.25, -0.2) is 0 Å².